The van der Waals surface area contributed by atoms with Crippen LogP contribution < -0.4 is 4.57 Å². The summed E-state index contributed by atoms with van der Waals surface area (Å²) in [5.41, 5.74) is 11.0. The first-order valence-electron chi connectivity index (χ1n) is 12.8. The number of benzene rings is 3. The van der Waals surface area contributed by atoms with Crippen molar-refractivity contribution >= 4 is 32.7 Å². The highest BCUT2D eigenvalue weighted by Gasteiger charge is 2.39. The Balaban J connectivity index is 1.82. The van der Waals surface area contributed by atoms with Gasteiger partial charge in [-0.3, -0.25) is 0 Å². The zero-order chi connectivity index (χ0) is 24.9. The SMILES string of the molecule is Cc1cc(-c2c(C)c(C)cc3c2oc2c3ccc3ccc4c(c32)C(C)(C)CCC4(C)C)[n+](C)cn1. The predicted molar refractivity (Wildman–Crippen MR) is 145 cm³/mol. The van der Waals surface area contributed by atoms with Crippen LogP contribution in [0.2, 0.25) is 0 Å². The molecule has 3 nitrogen and oxygen atoms in total. The van der Waals surface area contributed by atoms with E-state index < -0.39 is 0 Å². The summed E-state index contributed by atoms with van der Waals surface area (Å²) in [6.45, 7) is 16.1. The van der Waals surface area contributed by atoms with E-state index in [0.29, 0.717) is 0 Å². The Bertz CT molecular complexity index is 1680. The van der Waals surface area contributed by atoms with Crippen molar-refractivity contribution in [2.45, 2.75) is 72.1 Å². The molecule has 178 valence electrons. The molecule has 5 aromatic rings. The van der Waals surface area contributed by atoms with Crippen LogP contribution in [0.15, 0.2) is 47.1 Å². The maximum atomic E-state index is 6.98. The maximum absolute atomic E-state index is 6.98. The number of hydrogen-bond acceptors (Lipinski definition) is 2. The lowest BCUT2D eigenvalue weighted by molar-refractivity contribution is -0.663. The Kier molecular flexibility index (Phi) is 4.56. The third-order valence-electron chi connectivity index (χ3n) is 8.63. The van der Waals surface area contributed by atoms with Gasteiger partial charge >= 0.3 is 0 Å². The van der Waals surface area contributed by atoms with Gasteiger partial charge < -0.3 is 4.42 Å². The predicted octanol–water partition coefficient (Wildman–Crippen LogP) is 7.90. The Morgan fingerprint density at radius 3 is 2.34 bits per heavy atom. The molecule has 0 saturated heterocycles. The van der Waals surface area contributed by atoms with Crippen molar-refractivity contribution in [3.05, 3.63) is 70.7 Å². The molecule has 0 aliphatic heterocycles. The molecular weight excluding hydrogens is 428 g/mol. The van der Waals surface area contributed by atoms with Gasteiger partial charge in [0, 0.05) is 29.1 Å². The van der Waals surface area contributed by atoms with E-state index in [4.69, 9.17) is 4.42 Å². The summed E-state index contributed by atoms with van der Waals surface area (Å²) in [7, 11) is 2.06. The highest BCUT2D eigenvalue weighted by atomic mass is 16.3. The van der Waals surface area contributed by atoms with Crippen LogP contribution >= 0.6 is 0 Å². The molecule has 0 spiro atoms. The molecule has 0 saturated carbocycles. The largest absolute Gasteiger partial charge is 0.455 e. The van der Waals surface area contributed by atoms with Crippen LogP contribution in [-0.4, -0.2) is 4.98 Å². The van der Waals surface area contributed by atoms with Gasteiger partial charge in [0.1, 0.15) is 16.9 Å². The lowest BCUT2D eigenvalue weighted by Gasteiger charge is -2.42. The minimum Gasteiger partial charge on any atom is -0.455 e. The summed E-state index contributed by atoms with van der Waals surface area (Å²) in [6.07, 6.45) is 4.28. The van der Waals surface area contributed by atoms with Crippen molar-refractivity contribution < 1.29 is 8.98 Å². The lowest BCUT2D eigenvalue weighted by atomic mass is 9.62. The van der Waals surface area contributed by atoms with Gasteiger partial charge in [0.25, 0.3) is 6.33 Å². The van der Waals surface area contributed by atoms with E-state index in [0.717, 1.165) is 22.6 Å². The van der Waals surface area contributed by atoms with Gasteiger partial charge in [-0.15, -0.1) is 0 Å². The average molecular weight is 464 g/mol. The van der Waals surface area contributed by atoms with Crippen molar-refractivity contribution in [2.75, 3.05) is 0 Å². The number of nitrogens with zero attached hydrogens (tertiary/aromatic N) is 2. The molecule has 35 heavy (non-hydrogen) atoms. The first-order valence-corrected chi connectivity index (χ1v) is 12.8. The van der Waals surface area contributed by atoms with Crippen molar-refractivity contribution in [1.29, 1.82) is 0 Å². The number of aryl methyl sites for hydroxylation is 3. The van der Waals surface area contributed by atoms with Crippen molar-refractivity contribution in [1.82, 2.24) is 4.98 Å². The van der Waals surface area contributed by atoms with Gasteiger partial charge in [-0.2, -0.15) is 0 Å². The molecule has 0 amide bonds. The van der Waals surface area contributed by atoms with Crippen LogP contribution in [0.1, 0.15) is 68.5 Å². The van der Waals surface area contributed by atoms with Gasteiger partial charge in [-0.1, -0.05) is 50.9 Å². The first-order chi connectivity index (χ1) is 16.5. The Morgan fingerprint density at radius 1 is 0.857 bits per heavy atom. The summed E-state index contributed by atoms with van der Waals surface area (Å²) in [4.78, 5) is 4.49. The fraction of sp³-hybridized carbons (Fsp3) is 0.375. The van der Waals surface area contributed by atoms with Gasteiger partial charge in [-0.25, -0.2) is 4.57 Å². The first kappa shape index (κ1) is 22.3. The molecule has 0 bridgehead atoms. The summed E-state index contributed by atoms with van der Waals surface area (Å²) in [5, 5.41) is 4.96. The number of hydrogen-bond donors (Lipinski definition) is 0. The number of aromatic nitrogens is 2. The molecule has 1 aliphatic rings. The molecule has 1 aliphatic carbocycles. The molecule has 0 radical (unpaired) electrons. The fourth-order valence-corrected chi connectivity index (χ4v) is 6.29. The molecule has 0 N–H and O–H groups in total. The van der Waals surface area contributed by atoms with E-state index >= 15 is 0 Å². The Morgan fingerprint density at radius 2 is 1.57 bits per heavy atom. The number of furan rings is 1. The Labute approximate surface area is 207 Å². The number of fused-ring (bicyclic) bond motifs is 7. The molecule has 2 aromatic heterocycles. The third kappa shape index (κ3) is 3.10. The molecule has 0 atom stereocenters. The molecule has 0 fully saturated rings. The molecule has 3 aromatic carbocycles. The molecule has 0 unspecified atom stereocenters. The second-order valence-corrected chi connectivity index (χ2v) is 12.0. The summed E-state index contributed by atoms with van der Waals surface area (Å²) in [6, 6.07) is 13.7. The highest BCUT2D eigenvalue weighted by molar-refractivity contribution is 6.18. The summed E-state index contributed by atoms with van der Waals surface area (Å²) < 4.78 is 9.08. The fourth-order valence-electron chi connectivity index (χ4n) is 6.29. The highest BCUT2D eigenvalue weighted by Crippen LogP contribution is 2.51. The van der Waals surface area contributed by atoms with Gasteiger partial charge in [0.15, 0.2) is 5.69 Å². The van der Waals surface area contributed by atoms with Crippen molar-refractivity contribution in [2.24, 2.45) is 7.05 Å². The Hall–Kier alpha value is -3.20. The molecular formula is C32H35N2O+. The second kappa shape index (κ2) is 7.16. The monoisotopic (exact) mass is 463 g/mol. The van der Waals surface area contributed by atoms with Crippen molar-refractivity contribution in [3.8, 4) is 11.3 Å². The smallest absolute Gasteiger partial charge is 0.286 e. The topological polar surface area (TPSA) is 29.9 Å². The van der Waals surface area contributed by atoms with E-state index in [1.807, 2.05) is 13.3 Å². The van der Waals surface area contributed by atoms with Crippen LogP contribution in [0.4, 0.5) is 0 Å². The quantitative estimate of drug-likeness (QED) is 0.237. The minimum absolute atomic E-state index is 0.0982. The van der Waals surface area contributed by atoms with E-state index in [-0.39, 0.29) is 10.8 Å². The second-order valence-electron chi connectivity index (χ2n) is 12.0. The molecule has 6 rings (SSSR count). The summed E-state index contributed by atoms with van der Waals surface area (Å²) >= 11 is 0. The van der Waals surface area contributed by atoms with Gasteiger partial charge in [0.05, 0.1) is 12.6 Å². The minimum atomic E-state index is 0.0982. The molecule has 2 heterocycles. The van der Waals surface area contributed by atoms with Gasteiger partial charge in [0.2, 0.25) is 0 Å². The van der Waals surface area contributed by atoms with Gasteiger partial charge in [-0.05, 0) is 77.3 Å². The van der Waals surface area contributed by atoms with Crippen molar-refractivity contribution in [3.63, 3.8) is 0 Å². The van der Waals surface area contributed by atoms with E-state index in [2.05, 4.69) is 94.5 Å². The lowest BCUT2D eigenvalue weighted by Crippen LogP contribution is -2.34. The van der Waals surface area contributed by atoms with Crippen LogP contribution in [-0.2, 0) is 17.9 Å². The normalized spacial score (nSPS) is 16.8. The standard InChI is InChI=1S/C32H35N2O/c1-18-15-23-22-11-9-21-10-12-24-28(32(6,7)14-13-31(24,4)5)27(21)29(22)35-30(23)26(20(18)3)25-16-19(2)33-17-34(25)8/h9-12,15-17H,13-14H2,1-8H3/q+1. The zero-order valence-corrected chi connectivity index (χ0v) is 22.3. The van der Waals surface area contributed by atoms with Crippen LogP contribution in [0.3, 0.4) is 0 Å². The van der Waals surface area contributed by atoms with Crippen LogP contribution in [0.25, 0.3) is 44.0 Å². The van der Waals surface area contributed by atoms with Crippen LogP contribution in [0, 0.1) is 20.8 Å². The van der Waals surface area contributed by atoms with E-state index in [9.17, 15) is 0 Å². The zero-order valence-electron chi connectivity index (χ0n) is 22.3. The summed E-state index contributed by atoms with van der Waals surface area (Å²) in [5.74, 6) is 0. The van der Waals surface area contributed by atoms with E-state index in [1.54, 1.807) is 0 Å². The van der Waals surface area contributed by atoms with E-state index in [1.165, 1.54) is 62.2 Å². The third-order valence-corrected chi connectivity index (χ3v) is 8.63. The average Bonchev–Trinajstić information content (AvgIpc) is 3.17. The van der Waals surface area contributed by atoms with Crippen LogP contribution in [0.5, 0.6) is 0 Å². The maximum Gasteiger partial charge on any atom is 0.286 e. The molecule has 3 heteroatoms. The number of rotatable bonds is 1.